The van der Waals surface area contributed by atoms with Crippen LogP contribution < -0.4 is 5.73 Å². The molecule has 0 spiro atoms. The molecule has 2 rings (SSSR count). The summed E-state index contributed by atoms with van der Waals surface area (Å²) in [5.74, 6) is 0.651. The standard InChI is InChI=1S/C11H19N3/c1-8(2)14-7-10-4-3-9(6-12)5-11(10)13-14/h7-9H,3-6,12H2,1-2H3. The van der Waals surface area contributed by atoms with E-state index in [4.69, 9.17) is 5.73 Å². The van der Waals surface area contributed by atoms with Crippen molar-refractivity contribution in [1.82, 2.24) is 9.78 Å². The Morgan fingerprint density at radius 1 is 1.64 bits per heavy atom. The Morgan fingerprint density at radius 2 is 2.43 bits per heavy atom. The van der Waals surface area contributed by atoms with E-state index in [0.29, 0.717) is 12.0 Å². The molecule has 0 aromatic carbocycles. The molecular weight excluding hydrogens is 174 g/mol. The first-order valence-corrected chi connectivity index (χ1v) is 5.47. The van der Waals surface area contributed by atoms with Gasteiger partial charge in [0, 0.05) is 12.2 Å². The summed E-state index contributed by atoms with van der Waals surface area (Å²) in [6.07, 6.45) is 5.66. The Hall–Kier alpha value is -0.830. The predicted octanol–water partition coefficient (Wildman–Crippen LogP) is 1.53. The minimum absolute atomic E-state index is 0.469. The predicted molar refractivity (Wildman–Crippen MR) is 57.2 cm³/mol. The van der Waals surface area contributed by atoms with Crippen LogP contribution in [0.25, 0.3) is 0 Å². The first-order valence-electron chi connectivity index (χ1n) is 5.47. The lowest BCUT2D eigenvalue weighted by atomic mass is 9.88. The third kappa shape index (κ3) is 1.69. The molecule has 0 radical (unpaired) electrons. The third-order valence-corrected chi connectivity index (χ3v) is 3.06. The maximum absolute atomic E-state index is 5.69. The molecular formula is C11H19N3. The van der Waals surface area contributed by atoms with Crippen molar-refractivity contribution in [3.8, 4) is 0 Å². The highest BCUT2D eigenvalue weighted by Gasteiger charge is 2.20. The van der Waals surface area contributed by atoms with Crippen LogP contribution in [0, 0.1) is 5.92 Å². The van der Waals surface area contributed by atoms with E-state index in [9.17, 15) is 0 Å². The molecule has 0 saturated carbocycles. The maximum atomic E-state index is 5.69. The van der Waals surface area contributed by atoms with Gasteiger partial charge in [0.25, 0.3) is 0 Å². The average Bonchev–Trinajstić information content (AvgIpc) is 2.59. The first kappa shape index (κ1) is 9.71. The van der Waals surface area contributed by atoms with Gasteiger partial charge < -0.3 is 5.73 Å². The fourth-order valence-electron chi connectivity index (χ4n) is 2.05. The van der Waals surface area contributed by atoms with Crippen molar-refractivity contribution >= 4 is 0 Å². The van der Waals surface area contributed by atoms with Crippen LogP contribution in [0.5, 0.6) is 0 Å². The summed E-state index contributed by atoms with van der Waals surface area (Å²) in [5, 5.41) is 4.61. The maximum Gasteiger partial charge on any atom is 0.0659 e. The highest BCUT2D eigenvalue weighted by atomic mass is 15.3. The van der Waals surface area contributed by atoms with E-state index in [2.05, 4.69) is 29.8 Å². The summed E-state index contributed by atoms with van der Waals surface area (Å²) in [5.41, 5.74) is 8.40. The molecule has 1 aromatic heterocycles. The van der Waals surface area contributed by atoms with Gasteiger partial charge in [0.2, 0.25) is 0 Å². The molecule has 0 saturated heterocycles. The van der Waals surface area contributed by atoms with Crippen molar-refractivity contribution in [3.05, 3.63) is 17.5 Å². The molecule has 0 amide bonds. The number of rotatable bonds is 2. The average molecular weight is 193 g/mol. The van der Waals surface area contributed by atoms with Crippen LogP contribution in [0.2, 0.25) is 0 Å². The summed E-state index contributed by atoms with van der Waals surface area (Å²) >= 11 is 0. The summed E-state index contributed by atoms with van der Waals surface area (Å²) in [6, 6.07) is 0.469. The second-order valence-electron chi connectivity index (χ2n) is 4.52. The Balaban J connectivity index is 2.21. The summed E-state index contributed by atoms with van der Waals surface area (Å²) in [4.78, 5) is 0. The van der Waals surface area contributed by atoms with Gasteiger partial charge >= 0.3 is 0 Å². The van der Waals surface area contributed by atoms with Crippen molar-refractivity contribution in [1.29, 1.82) is 0 Å². The fourth-order valence-corrected chi connectivity index (χ4v) is 2.05. The van der Waals surface area contributed by atoms with Crippen LogP contribution in [0.4, 0.5) is 0 Å². The Kier molecular flexibility index (Phi) is 2.59. The lowest BCUT2D eigenvalue weighted by Gasteiger charge is -2.18. The minimum atomic E-state index is 0.469. The second kappa shape index (κ2) is 3.73. The van der Waals surface area contributed by atoms with Gasteiger partial charge in [-0.2, -0.15) is 5.10 Å². The van der Waals surface area contributed by atoms with Gasteiger partial charge in [-0.1, -0.05) is 0 Å². The van der Waals surface area contributed by atoms with E-state index in [1.54, 1.807) is 0 Å². The molecule has 78 valence electrons. The number of aromatic nitrogens is 2. The van der Waals surface area contributed by atoms with Gasteiger partial charge in [-0.15, -0.1) is 0 Å². The Labute approximate surface area is 85.3 Å². The zero-order valence-electron chi connectivity index (χ0n) is 9.03. The summed E-state index contributed by atoms with van der Waals surface area (Å²) < 4.78 is 2.07. The Morgan fingerprint density at radius 3 is 3.07 bits per heavy atom. The van der Waals surface area contributed by atoms with Gasteiger partial charge in [0.05, 0.1) is 5.69 Å². The number of aryl methyl sites for hydroxylation is 1. The van der Waals surface area contributed by atoms with Gasteiger partial charge in [0.1, 0.15) is 0 Å². The topological polar surface area (TPSA) is 43.8 Å². The van der Waals surface area contributed by atoms with Gasteiger partial charge in [-0.25, -0.2) is 0 Å². The van der Waals surface area contributed by atoms with E-state index in [1.807, 2.05) is 0 Å². The third-order valence-electron chi connectivity index (χ3n) is 3.06. The number of fused-ring (bicyclic) bond motifs is 1. The number of hydrogen-bond donors (Lipinski definition) is 1. The van der Waals surface area contributed by atoms with E-state index in [0.717, 1.165) is 19.4 Å². The van der Waals surface area contributed by atoms with Gasteiger partial charge in [-0.05, 0) is 51.1 Å². The normalized spacial score (nSPS) is 21.3. The molecule has 1 aliphatic rings. The van der Waals surface area contributed by atoms with E-state index < -0.39 is 0 Å². The molecule has 0 fully saturated rings. The van der Waals surface area contributed by atoms with Crippen LogP contribution in [0.15, 0.2) is 6.20 Å². The molecule has 1 unspecified atom stereocenters. The lowest BCUT2D eigenvalue weighted by Crippen LogP contribution is -2.21. The molecule has 1 atom stereocenters. The van der Waals surface area contributed by atoms with Crippen molar-refractivity contribution in [3.63, 3.8) is 0 Å². The SMILES string of the molecule is CC(C)n1cc2c(n1)CC(CN)CC2. The first-order chi connectivity index (χ1) is 6.70. The molecule has 1 heterocycles. The quantitative estimate of drug-likeness (QED) is 0.774. The van der Waals surface area contributed by atoms with Crippen LogP contribution >= 0.6 is 0 Å². The monoisotopic (exact) mass is 193 g/mol. The highest BCUT2D eigenvalue weighted by molar-refractivity contribution is 5.21. The largest absolute Gasteiger partial charge is 0.330 e. The molecule has 1 aliphatic carbocycles. The van der Waals surface area contributed by atoms with Crippen molar-refractivity contribution < 1.29 is 0 Å². The summed E-state index contributed by atoms with van der Waals surface area (Å²) in [6.45, 7) is 5.13. The van der Waals surface area contributed by atoms with Gasteiger partial charge in [-0.3, -0.25) is 4.68 Å². The van der Waals surface area contributed by atoms with Crippen molar-refractivity contribution in [2.75, 3.05) is 6.54 Å². The Bertz CT molecular complexity index is 314. The summed E-state index contributed by atoms with van der Waals surface area (Å²) in [7, 11) is 0. The second-order valence-corrected chi connectivity index (χ2v) is 4.52. The fraction of sp³-hybridized carbons (Fsp3) is 0.727. The highest BCUT2D eigenvalue weighted by Crippen LogP contribution is 2.24. The van der Waals surface area contributed by atoms with Crippen LogP contribution in [0.3, 0.4) is 0 Å². The zero-order chi connectivity index (χ0) is 10.1. The molecule has 0 bridgehead atoms. The van der Waals surface area contributed by atoms with E-state index in [-0.39, 0.29) is 0 Å². The van der Waals surface area contributed by atoms with Crippen LogP contribution in [0.1, 0.15) is 37.6 Å². The number of hydrogen-bond acceptors (Lipinski definition) is 2. The van der Waals surface area contributed by atoms with Gasteiger partial charge in [0.15, 0.2) is 0 Å². The van der Waals surface area contributed by atoms with E-state index >= 15 is 0 Å². The molecule has 3 heteroatoms. The van der Waals surface area contributed by atoms with Crippen LogP contribution in [-0.4, -0.2) is 16.3 Å². The smallest absolute Gasteiger partial charge is 0.0659 e. The van der Waals surface area contributed by atoms with Crippen LogP contribution in [-0.2, 0) is 12.8 Å². The molecule has 14 heavy (non-hydrogen) atoms. The van der Waals surface area contributed by atoms with E-state index in [1.165, 1.54) is 17.7 Å². The lowest BCUT2D eigenvalue weighted by molar-refractivity contribution is 0.458. The zero-order valence-corrected chi connectivity index (χ0v) is 9.03. The number of nitrogens with zero attached hydrogens (tertiary/aromatic N) is 2. The minimum Gasteiger partial charge on any atom is -0.330 e. The molecule has 2 N–H and O–H groups in total. The number of nitrogens with two attached hydrogens (primary N) is 1. The van der Waals surface area contributed by atoms with Crippen molar-refractivity contribution in [2.24, 2.45) is 11.7 Å². The molecule has 3 nitrogen and oxygen atoms in total. The molecule has 0 aliphatic heterocycles. The van der Waals surface area contributed by atoms with Crippen molar-refractivity contribution in [2.45, 2.75) is 39.2 Å². The molecule has 1 aromatic rings.